The van der Waals surface area contributed by atoms with Crippen LogP contribution in [0.25, 0.3) is 5.76 Å². The highest BCUT2D eigenvalue weighted by atomic mass is 16.6. The maximum atomic E-state index is 13.2. The fourth-order valence-electron chi connectivity index (χ4n) is 4.87. The van der Waals surface area contributed by atoms with Crippen molar-refractivity contribution in [3.05, 3.63) is 69.3 Å². The summed E-state index contributed by atoms with van der Waals surface area (Å²) in [6, 6.07) is 9.60. The number of morpholine rings is 1. The van der Waals surface area contributed by atoms with Gasteiger partial charge in [-0.25, -0.2) is 0 Å². The molecule has 11 heteroatoms. The molecule has 2 saturated heterocycles. The Morgan fingerprint density at radius 1 is 0.973 bits per heavy atom. The summed E-state index contributed by atoms with van der Waals surface area (Å²) in [6.45, 7) is 4.68. The molecule has 0 aliphatic carbocycles. The van der Waals surface area contributed by atoms with Gasteiger partial charge in [0, 0.05) is 43.9 Å². The van der Waals surface area contributed by atoms with E-state index in [1.165, 1.54) is 29.2 Å². The molecule has 5 rings (SSSR count). The Balaban J connectivity index is 1.49. The second-order valence-electron chi connectivity index (χ2n) is 9.01. The molecule has 0 spiro atoms. The Hall–Kier alpha value is -3.96. The first-order chi connectivity index (χ1) is 17.9. The summed E-state index contributed by atoms with van der Waals surface area (Å²) in [5.41, 5.74) is 0.625. The van der Waals surface area contributed by atoms with Crippen LogP contribution in [0.3, 0.4) is 0 Å². The van der Waals surface area contributed by atoms with Crippen molar-refractivity contribution in [2.75, 3.05) is 52.6 Å². The number of likely N-dealkylation sites (tertiary alicyclic amines) is 1. The quantitative estimate of drug-likeness (QED) is 0.197. The summed E-state index contributed by atoms with van der Waals surface area (Å²) in [7, 11) is 0. The summed E-state index contributed by atoms with van der Waals surface area (Å²) in [6.07, 6.45) is 0.612. The molecule has 0 bridgehead atoms. The van der Waals surface area contributed by atoms with Gasteiger partial charge < -0.3 is 24.2 Å². The first-order valence-corrected chi connectivity index (χ1v) is 12.2. The lowest BCUT2D eigenvalue weighted by Gasteiger charge is -2.29. The van der Waals surface area contributed by atoms with Gasteiger partial charge in [-0.05, 0) is 42.3 Å². The van der Waals surface area contributed by atoms with E-state index < -0.39 is 22.7 Å². The molecule has 194 valence electrons. The number of fused-ring (bicyclic) bond motifs is 1. The molecule has 0 radical (unpaired) electrons. The molecule has 1 unspecified atom stereocenters. The van der Waals surface area contributed by atoms with Crippen LogP contribution in [-0.2, 0) is 14.3 Å². The maximum Gasteiger partial charge on any atom is 0.295 e. The van der Waals surface area contributed by atoms with Crippen LogP contribution in [0.5, 0.6) is 11.5 Å². The van der Waals surface area contributed by atoms with E-state index in [1.54, 1.807) is 18.2 Å². The molecule has 3 aliphatic heterocycles. The molecule has 2 aromatic rings. The third-order valence-electron chi connectivity index (χ3n) is 6.75. The smallest absolute Gasteiger partial charge is 0.295 e. The van der Waals surface area contributed by atoms with Crippen molar-refractivity contribution in [1.29, 1.82) is 0 Å². The number of amides is 1. The molecular formula is C26H27N3O8. The lowest BCUT2D eigenvalue weighted by Crippen LogP contribution is -2.38. The highest BCUT2D eigenvalue weighted by Gasteiger charge is 2.46. The number of nitrogens with zero attached hydrogens (tertiary/aromatic N) is 3. The number of carbonyl (C=O) groups is 2. The molecule has 1 amide bonds. The standard InChI is InChI=1S/C26H27N3O8/c30-24(18-4-7-20-21(16-18)37-15-14-36-20)22-23(17-2-5-19(6-3-17)29(33)34)28(26(32)25(22)31)9-1-8-27-10-12-35-13-11-27/h2-7,16,23,30H,1,8-15H2. The number of non-ortho nitro benzene ring substituents is 1. The molecule has 3 aliphatic rings. The van der Waals surface area contributed by atoms with E-state index >= 15 is 0 Å². The average Bonchev–Trinajstić information content (AvgIpc) is 3.18. The molecule has 2 aromatic carbocycles. The summed E-state index contributed by atoms with van der Waals surface area (Å²) in [5.74, 6) is -0.902. The topological polar surface area (TPSA) is 132 Å². The predicted molar refractivity (Wildman–Crippen MR) is 131 cm³/mol. The van der Waals surface area contributed by atoms with Gasteiger partial charge in [-0.15, -0.1) is 0 Å². The van der Waals surface area contributed by atoms with Crippen molar-refractivity contribution in [2.45, 2.75) is 12.5 Å². The van der Waals surface area contributed by atoms with Crippen molar-refractivity contribution in [3.63, 3.8) is 0 Å². The zero-order chi connectivity index (χ0) is 25.9. The van der Waals surface area contributed by atoms with Crippen LogP contribution in [0, 0.1) is 10.1 Å². The molecule has 0 aromatic heterocycles. The zero-order valence-electron chi connectivity index (χ0n) is 20.1. The minimum Gasteiger partial charge on any atom is -0.507 e. The first kappa shape index (κ1) is 24.7. The molecule has 0 saturated carbocycles. The minimum atomic E-state index is -0.890. The fourth-order valence-corrected chi connectivity index (χ4v) is 4.87. The van der Waals surface area contributed by atoms with Gasteiger partial charge in [0.25, 0.3) is 17.4 Å². The molecule has 2 fully saturated rings. The Morgan fingerprint density at radius 3 is 2.38 bits per heavy atom. The van der Waals surface area contributed by atoms with Gasteiger partial charge in [-0.1, -0.05) is 0 Å². The molecule has 1 atom stereocenters. The van der Waals surface area contributed by atoms with Gasteiger partial charge in [0.05, 0.1) is 29.8 Å². The number of nitro benzene ring substituents is 1. The van der Waals surface area contributed by atoms with Crippen molar-refractivity contribution in [2.24, 2.45) is 0 Å². The van der Waals surface area contributed by atoms with Crippen LogP contribution in [0.4, 0.5) is 5.69 Å². The van der Waals surface area contributed by atoms with Crippen LogP contribution < -0.4 is 9.47 Å². The van der Waals surface area contributed by atoms with E-state index in [1.807, 2.05) is 0 Å². The Bertz CT molecular complexity index is 1240. The largest absolute Gasteiger partial charge is 0.507 e. The van der Waals surface area contributed by atoms with Crippen LogP contribution in [-0.4, -0.2) is 84.1 Å². The number of ketones is 1. The molecule has 1 N–H and O–H groups in total. The van der Waals surface area contributed by atoms with Gasteiger partial charge in [-0.2, -0.15) is 0 Å². The van der Waals surface area contributed by atoms with Crippen LogP contribution in [0.1, 0.15) is 23.6 Å². The number of nitro groups is 1. The Kier molecular flexibility index (Phi) is 7.06. The highest BCUT2D eigenvalue weighted by molar-refractivity contribution is 6.46. The van der Waals surface area contributed by atoms with Gasteiger partial charge in [-0.3, -0.25) is 24.6 Å². The van der Waals surface area contributed by atoms with Crippen LogP contribution >= 0.6 is 0 Å². The van der Waals surface area contributed by atoms with E-state index in [4.69, 9.17) is 14.2 Å². The van der Waals surface area contributed by atoms with E-state index in [0.29, 0.717) is 55.5 Å². The van der Waals surface area contributed by atoms with Crippen LogP contribution in [0.15, 0.2) is 48.0 Å². The summed E-state index contributed by atoms with van der Waals surface area (Å²) in [5, 5.41) is 22.5. The number of ether oxygens (including phenoxy) is 3. The summed E-state index contributed by atoms with van der Waals surface area (Å²) in [4.78, 5) is 40.7. The number of hydrogen-bond donors (Lipinski definition) is 1. The van der Waals surface area contributed by atoms with Crippen molar-refractivity contribution in [1.82, 2.24) is 9.80 Å². The number of aliphatic hydroxyl groups excluding tert-OH is 1. The lowest BCUT2D eigenvalue weighted by atomic mass is 9.95. The molecule has 37 heavy (non-hydrogen) atoms. The van der Waals surface area contributed by atoms with E-state index in [9.17, 15) is 24.8 Å². The maximum absolute atomic E-state index is 13.2. The Labute approximate surface area is 213 Å². The summed E-state index contributed by atoms with van der Waals surface area (Å²) >= 11 is 0. The number of aliphatic hydroxyl groups is 1. The van der Waals surface area contributed by atoms with Crippen molar-refractivity contribution >= 4 is 23.1 Å². The predicted octanol–water partition coefficient (Wildman–Crippen LogP) is 2.51. The van der Waals surface area contributed by atoms with Crippen LogP contribution in [0.2, 0.25) is 0 Å². The first-order valence-electron chi connectivity index (χ1n) is 12.2. The van der Waals surface area contributed by atoms with Crippen molar-refractivity contribution in [3.8, 4) is 11.5 Å². The van der Waals surface area contributed by atoms with E-state index in [2.05, 4.69) is 4.90 Å². The highest BCUT2D eigenvalue weighted by Crippen LogP contribution is 2.41. The molecule has 3 heterocycles. The monoisotopic (exact) mass is 509 g/mol. The SMILES string of the molecule is O=C1C(=O)N(CCCN2CCOCC2)C(c2ccc([N+](=O)[O-])cc2)C1=C(O)c1ccc2c(c1)OCCO2. The second kappa shape index (κ2) is 10.6. The lowest BCUT2D eigenvalue weighted by molar-refractivity contribution is -0.384. The number of rotatable bonds is 7. The normalized spacial score (nSPS) is 21.3. The fraction of sp³-hybridized carbons (Fsp3) is 0.385. The van der Waals surface area contributed by atoms with Gasteiger partial charge >= 0.3 is 0 Å². The third-order valence-corrected chi connectivity index (χ3v) is 6.75. The van der Waals surface area contributed by atoms with Crippen molar-refractivity contribution < 1.29 is 33.8 Å². The number of Topliss-reactive ketones (excluding diaryl/α,β-unsaturated/α-hetero) is 1. The van der Waals surface area contributed by atoms with Gasteiger partial charge in [0.15, 0.2) is 11.5 Å². The Morgan fingerprint density at radius 2 is 1.68 bits per heavy atom. The van der Waals surface area contributed by atoms with E-state index in [0.717, 1.165) is 19.6 Å². The molecule has 11 nitrogen and oxygen atoms in total. The third kappa shape index (κ3) is 5.00. The second-order valence-corrected chi connectivity index (χ2v) is 9.01. The number of benzene rings is 2. The molecular weight excluding hydrogens is 482 g/mol. The van der Waals surface area contributed by atoms with Gasteiger partial charge in [0.1, 0.15) is 19.0 Å². The summed E-state index contributed by atoms with van der Waals surface area (Å²) < 4.78 is 16.5. The average molecular weight is 510 g/mol. The van der Waals surface area contributed by atoms with Gasteiger partial charge in [0.2, 0.25) is 0 Å². The number of hydrogen-bond acceptors (Lipinski definition) is 9. The zero-order valence-corrected chi connectivity index (χ0v) is 20.1. The van der Waals surface area contributed by atoms with E-state index in [-0.39, 0.29) is 23.6 Å². The number of carbonyl (C=O) groups excluding carboxylic acids is 2. The minimum absolute atomic E-state index is 0.0677.